The van der Waals surface area contributed by atoms with Crippen molar-refractivity contribution in [3.8, 4) is 11.5 Å². The van der Waals surface area contributed by atoms with Crippen LogP contribution in [0.3, 0.4) is 0 Å². The van der Waals surface area contributed by atoms with Gasteiger partial charge < -0.3 is 9.47 Å². The number of aromatic nitrogens is 2. The third-order valence-corrected chi connectivity index (χ3v) is 2.61. The Labute approximate surface area is 99.2 Å². The van der Waals surface area contributed by atoms with Gasteiger partial charge in [-0.2, -0.15) is 0 Å². The standard InChI is InChI=1S/C13H12N2O2/c1-9-6-7-14-13(15-9)12-8-16-10-4-2-3-5-11(10)17-12/h2-7,12H,8H2,1H3. The molecule has 3 rings (SSSR count). The fourth-order valence-corrected chi connectivity index (χ4v) is 1.77. The van der Waals surface area contributed by atoms with Crippen LogP contribution in [0.25, 0.3) is 0 Å². The maximum absolute atomic E-state index is 5.82. The van der Waals surface area contributed by atoms with Crippen molar-refractivity contribution in [2.75, 3.05) is 6.61 Å². The zero-order chi connectivity index (χ0) is 11.7. The summed E-state index contributed by atoms with van der Waals surface area (Å²) in [5.74, 6) is 2.18. The summed E-state index contributed by atoms with van der Waals surface area (Å²) in [4.78, 5) is 8.57. The molecule has 0 radical (unpaired) electrons. The van der Waals surface area contributed by atoms with Crippen molar-refractivity contribution in [3.05, 3.63) is 48.0 Å². The van der Waals surface area contributed by atoms with E-state index in [0.29, 0.717) is 12.4 Å². The lowest BCUT2D eigenvalue weighted by atomic mass is 10.2. The molecule has 17 heavy (non-hydrogen) atoms. The summed E-state index contributed by atoms with van der Waals surface area (Å²) in [6.07, 6.45) is 1.51. The highest BCUT2D eigenvalue weighted by Gasteiger charge is 2.24. The summed E-state index contributed by atoms with van der Waals surface area (Å²) in [5.41, 5.74) is 0.928. The molecule has 86 valence electrons. The molecule has 4 heteroatoms. The highest BCUT2D eigenvalue weighted by molar-refractivity contribution is 5.40. The van der Waals surface area contributed by atoms with Gasteiger partial charge in [0.1, 0.15) is 6.61 Å². The molecule has 0 fully saturated rings. The van der Waals surface area contributed by atoms with E-state index in [1.54, 1.807) is 6.20 Å². The minimum Gasteiger partial charge on any atom is -0.485 e. The van der Waals surface area contributed by atoms with E-state index in [9.17, 15) is 0 Å². The van der Waals surface area contributed by atoms with E-state index in [0.717, 1.165) is 17.2 Å². The van der Waals surface area contributed by atoms with Gasteiger partial charge in [0.05, 0.1) is 0 Å². The molecule has 2 aromatic rings. The van der Waals surface area contributed by atoms with E-state index in [2.05, 4.69) is 9.97 Å². The minimum atomic E-state index is -0.232. The Morgan fingerprint density at radius 3 is 2.82 bits per heavy atom. The van der Waals surface area contributed by atoms with E-state index in [4.69, 9.17) is 9.47 Å². The van der Waals surface area contributed by atoms with E-state index in [1.807, 2.05) is 37.3 Å². The fraction of sp³-hybridized carbons (Fsp3) is 0.231. The molecule has 0 saturated carbocycles. The number of hydrogen-bond acceptors (Lipinski definition) is 4. The largest absolute Gasteiger partial charge is 0.485 e. The Bertz CT molecular complexity index is 542. The quantitative estimate of drug-likeness (QED) is 0.751. The van der Waals surface area contributed by atoms with Gasteiger partial charge in [0.2, 0.25) is 0 Å². The van der Waals surface area contributed by atoms with Crippen LogP contribution < -0.4 is 9.47 Å². The number of para-hydroxylation sites is 2. The average Bonchev–Trinajstić information content (AvgIpc) is 2.38. The number of ether oxygens (including phenoxy) is 2. The number of fused-ring (bicyclic) bond motifs is 1. The number of nitrogens with zero attached hydrogens (tertiary/aromatic N) is 2. The predicted octanol–water partition coefficient (Wildman–Crippen LogP) is 2.30. The molecule has 0 saturated heterocycles. The van der Waals surface area contributed by atoms with Crippen LogP contribution in [0.2, 0.25) is 0 Å². The van der Waals surface area contributed by atoms with Crippen molar-refractivity contribution in [1.29, 1.82) is 0 Å². The molecule has 1 unspecified atom stereocenters. The van der Waals surface area contributed by atoms with Crippen molar-refractivity contribution in [2.45, 2.75) is 13.0 Å². The molecule has 0 amide bonds. The Morgan fingerprint density at radius 2 is 2.00 bits per heavy atom. The molecule has 4 nitrogen and oxygen atoms in total. The monoisotopic (exact) mass is 228 g/mol. The third-order valence-electron chi connectivity index (χ3n) is 2.61. The maximum atomic E-state index is 5.82. The van der Waals surface area contributed by atoms with Crippen molar-refractivity contribution in [1.82, 2.24) is 9.97 Å². The van der Waals surface area contributed by atoms with E-state index in [1.165, 1.54) is 0 Å². The van der Waals surface area contributed by atoms with E-state index >= 15 is 0 Å². The second-order valence-corrected chi connectivity index (χ2v) is 3.92. The Kier molecular flexibility index (Phi) is 2.40. The minimum absolute atomic E-state index is 0.232. The number of benzene rings is 1. The molecule has 2 heterocycles. The lowest BCUT2D eigenvalue weighted by molar-refractivity contribution is 0.0849. The molecule has 0 aliphatic carbocycles. The summed E-state index contributed by atoms with van der Waals surface area (Å²) >= 11 is 0. The SMILES string of the molecule is Cc1ccnc(C2COc3ccccc3O2)n1. The van der Waals surface area contributed by atoms with E-state index < -0.39 is 0 Å². The molecule has 1 atom stereocenters. The summed E-state index contributed by atoms with van der Waals surface area (Å²) in [7, 11) is 0. The van der Waals surface area contributed by atoms with Crippen LogP contribution in [0, 0.1) is 6.92 Å². The van der Waals surface area contributed by atoms with Crippen LogP contribution in [0.15, 0.2) is 36.5 Å². The van der Waals surface area contributed by atoms with Gasteiger partial charge in [0.25, 0.3) is 0 Å². The maximum Gasteiger partial charge on any atom is 0.192 e. The lowest BCUT2D eigenvalue weighted by Crippen LogP contribution is -2.23. The molecule has 1 aliphatic heterocycles. The molecule has 1 aromatic carbocycles. The fourth-order valence-electron chi connectivity index (χ4n) is 1.77. The molecule has 1 aromatic heterocycles. The molecular formula is C13H12N2O2. The third kappa shape index (κ3) is 1.93. The second-order valence-electron chi connectivity index (χ2n) is 3.92. The summed E-state index contributed by atoms with van der Waals surface area (Å²) in [6, 6.07) is 9.48. The van der Waals surface area contributed by atoms with Gasteiger partial charge in [0, 0.05) is 11.9 Å². The number of hydrogen-bond donors (Lipinski definition) is 0. The van der Waals surface area contributed by atoms with Crippen molar-refractivity contribution < 1.29 is 9.47 Å². The Hall–Kier alpha value is -2.10. The first-order valence-electron chi connectivity index (χ1n) is 5.51. The lowest BCUT2D eigenvalue weighted by Gasteiger charge is -2.25. The number of aryl methyl sites for hydroxylation is 1. The van der Waals surface area contributed by atoms with Crippen molar-refractivity contribution in [2.24, 2.45) is 0 Å². The summed E-state index contributed by atoms with van der Waals surface area (Å²) < 4.78 is 11.4. The van der Waals surface area contributed by atoms with Crippen molar-refractivity contribution >= 4 is 0 Å². The molecule has 0 N–H and O–H groups in total. The first-order valence-corrected chi connectivity index (χ1v) is 5.51. The van der Waals surface area contributed by atoms with Gasteiger partial charge in [-0.3, -0.25) is 0 Å². The van der Waals surface area contributed by atoms with Gasteiger partial charge >= 0.3 is 0 Å². The van der Waals surface area contributed by atoms with Crippen LogP contribution in [0.4, 0.5) is 0 Å². The van der Waals surface area contributed by atoms with Gasteiger partial charge in [-0.25, -0.2) is 9.97 Å². The van der Waals surface area contributed by atoms with Crippen LogP contribution in [0.5, 0.6) is 11.5 Å². The van der Waals surface area contributed by atoms with Crippen molar-refractivity contribution in [3.63, 3.8) is 0 Å². The number of rotatable bonds is 1. The van der Waals surface area contributed by atoms with Gasteiger partial charge in [-0.1, -0.05) is 12.1 Å². The van der Waals surface area contributed by atoms with Gasteiger partial charge in [-0.05, 0) is 25.1 Å². The average molecular weight is 228 g/mol. The molecule has 1 aliphatic rings. The molecular weight excluding hydrogens is 216 g/mol. The Balaban J connectivity index is 1.89. The highest BCUT2D eigenvalue weighted by atomic mass is 16.6. The molecule has 0 bridgehead atoms. The summed E-state index contributed by atoms with van der Waals surface area (Å²) in [5, 5.41) is 0. The second kappa shape index (κ2) is 4.05. The smallest absolute Gasteiger partial charge is 0.192 e. The van der Waals surface area contributed by atoms with Gasteiger partial charge in [-0.15, -0.1) is 0 Å². The Morgan fingerprint density at radius 1 is 1.18 bits per heavy atom. The highest BCUT2D eigenvalue weighted by Crippen LogP contribution is 2.34. The van der Waals surface area contributed by atoms with Crippen LogP contribution >= 0.6 is 0 Å². The molecule has 0 spiro atoms. The van der Waals surface area contributed by atoms with Crippen LogP contribution in [0.1, 0.15) is 17.6 Å². The first kappa shape index (κ1) is 10.1. The predicted molar refractivity (Wildman–Crippen MR) is 62.1 cm³/mol. The topological polar surface area (TPSA) is 44.2 Å². The zero-order valence-corrected chi connectivity index (χ0v) is 9.46. The summed E-state index contributed by atoms with van der Waals surface area (Å²) in [6.45, 7) is 2.38. The van der Waals surface area contributed by atoms with Gasteiger partial charge in [0.15, 0.2) is 23.4 Å². The van der Waals surface area contributed by atoms with Crippen LogP contribution in [-0.4, -0.2) is 16.6 Å². The normalized spacial score (nSPS) is 17.8. The van der Waals surface area contributed by atoms with E-state index in [-0.39, 0.29) is 6.10 Å². The van der Waals surface area contributed by atoms with Crippen LogP contribution in [-0.2, 0) is 0 Å². The first-order chi connectivity index (χ1) is 8.33. The zero-order valence-electron chi connectivity index (χ0n) is 9.46.